The van der Waals surface area contributed by atoms with Crippen molar-refractivity contribution in [1.29, 1.82) is 0 Å². The van der Waals surface area contributed by atoms with E-state index in [-0.39, 0.29) is 0 Å². The molecule has 0 spiro atoms. The Hall–Kier alpha value is -1.09. The van der Waals surface area contributed by atoms with E-state index in [9.17, 15) is 0 Å². The van der Waals surface area contributed by atoms with Gasteiger partial charge in [-0.2, -0.15) is 0 Å². The molecule has 2 unspecified atom stereocenters. The molecule has 3 heteroatoms. The summed E-state index contributed by atoms with van der Waals surface area (Å²) in [5, 5.41) is 3.21. The van der Waals surface area contributed by atoms with Crippen LogP contribution in [0.4, 0.5) is 5.82 Å². The highest BCUT2D eigenvalue weighted by atomic mass is 15.2. The fourth-order valence-electron chi connectivity index (χ4n) is 2.92. The predicted octanol–water partition coefficient (Wildman–Crippen LogP) is 2.73. The summed E-state index contributed by atoms with van der Waals surface area (Å²) in [5.74, 6) is 2.00. The summed E-state index contributed by atoms with van der Waals surface area (Å²) in [6, 6.07) is 5.00. The van der Waals surface area contributed by atoms with E-state index in [4.69, 9.17) is 4.98 Å². The summed E-state index contributed by atoms with van der Waals surface area (Å²) in [5.41, 5.74) is 2.44. The average molecular weight is 247 g/mol. The number of hydrogen-bond acceptors (Lipinski definition) is 3. The summed E-state index contributed by atoms with van der Waals surface area (Å²) in [6.07, 6.45) is 2.55. The highest BCUT2D eigenvalue weighted by Gasteiger charge is 2.24. The van der Waals surface area contributed by atoms with Crippen molar-refractivity contribution >= 4 is 5.82 Å². The first-order valence-corrected chi connectivity index (χ1v) is 6.99. The normalized spacial score (nSPS) is 24.3. The third-order valence-electron chi connectivity index (χ3n) is 3.81. The quantitative estimate of drug-likeness (QED) is 0.890. The zero-order valence-corrected chi connectivity index (χ0v) is 12.0. The Kier molecular flexibility index (Phi) is 4.23. The van der Waals surface area contributed by atoms with Crippen molar-refractivity contribution in [3.63, 3.8) is 0 Å². The summed E-state index contributed by atoms with van der Waals surface area (Å²) in [6.45, 7) is 8.80. The lowest BCUT2D eigenvalue weighted by Crippen LogP contribution is -2.40. The second-order valence-corrected chi connectivity index (χ2v) is 5.68. The van der Waals surface area contributed by atoms with Crippen LogP contribution in [0.1, 0.15) is 37.9 Å². The molecule has 0 saturated carbocycles. The predicted molar refractivity (Wildman–Crippen MR) is 76.9 cm³/mol. The van der Waals surface area contributed by atoms with Gasteiger partial charge in [-0.25, -0.2) is 4.98 Å². The largest absolute Gasteiger partial charge is 0.354 e. The van der Waals surface area contributed by atoms with Crippen molar-refractivity contribution in [3.05, 3.63) is 23.4 Å². The first kappa shape index (κ1) is 13.3. The Morgan fingerprint density at radius 2 is 2.17 bits per heavy atom. The fourth-order valence-corrected chi connectivity index (χ4v) is 2.92. The van der Waals surface area contributed by atoms with Gasteiger partial charge in [0.15, 0.2) is 0 Å². The topological polar surface area (TPSA) is 28.2 Å². The Morgan fingerprint density at radius 1 is 1.39 bits per heavy atom. The molecule has 2 atom stereocenters. The zero-order valence-electron chi connectivity index (χ0n) is 12.0. The number of pyridine rings is 1. The Labute approximate surface area is 111 Å². The smallest absolute Gasteiger partial charge is 0.129 e. The molecule has 0 radical (unpaired) electrons. The lowest BCUT2D eigenvalue weighted by molar-refractivity contribution is 0.376. The van der Waals surface area contributed by atoms with Gasteiger partial charge < -0.3 is 10.2 Å². The van der Waals surface area contributed by atoms with Gasteiger partial charge in [-0.05, 0) is 57.4 Å². The van der Waals surface area contributed by atoms with Gasteiger partial charge in [0, 0.05) is 24.8 Å². The first-order valence-electron chi connectivity index (χ1n) is 6.99. The van der Waals surface area contributed by atoms with E-state index in [0.29, 0.717) is 6.04 Å². The monoisotopic (exact) mass is 247 g/mol. The molecule has 1 fully saturated rings. The van der Waals surface area contributed by atoms with Crippen LogP contribution in [0.25, 0.3) is 0 Å². The van der Waals surface area contributed by atoms with Crippen LogP contribution in [0, 0.1) is 12.8 Å². The molecule has 2 rings (SSSR count). The molecule has 0 aliphatic carbocycles. The van der Waals surface area contributed by atoms with Crippen molar-refractivity contribution in [1.82, 2.24) is 10.3 Å². The molecule has 18 heavy (non-hydrogen) atoms. The van der Waals surface area contributed by atoms with Gasteiger partial charge in [-0.15, -0.1) is 0 Å². The molecule has 1 aliphatic rings. The molecule has 1 saturated heterocycles. The molecule has 0 amide bonds. The summed E-state index contributed by atoms with van der Waals surface area (Å²) < 4.78 is 0. The highest BCUT2D eigenvalue weighted by molar-refractivity contribution is 5.44. The summed E-state index contributed by atoms with van der Waals surface area (Å²) in [4.78, 5) is 7.18. The second-order valence-electron chi connectivity index (χ2n) is 5.68. The molecule has 1 aliphatic heterocycles. The van der Waals surface area contributed by atoms with Gasteiger partial charge in [0.2, 0.25) is 0 Å². The van der Waals surface area contributed by atoms with Crippen LogP contribution in [0.3, 0.4) is 0 Å². The second kappa shape index (κ2) is 5.70. The summed E-state index contributed by atoms with van der Waals surface area (Å²) in [7, 11) is 1.99. The van der Waals surface area contributed by atoms with Gasteiger partial charge >= 0.3 is 0 Å². The lowest BCUT2D eigenvalue weighted by Gasteiger charge is -2.37. The van der Waals surface area contributed by atoms with Crippen molar-refractivity contribution in [2.24, 2.45) is 5.92 Å². The van der Waals surface area contributed by atoms with E-state index in [0.717, 1.165) is 30.5 Å². The van der Waals surface area contributed by atoms with Gasteiger partial charge in [-0.1, -0.05) is 6.92 Å². The molecule has 100 valence electrons. The maximum Gasteiger partial charge on any atom is 0.129 e. The van der Waals surface area contributed by atoms with E-state index in [1.807, 2.05) is 7.05 Å². The highest BCUT2D eigenvalue weighted by Crippen LogP contribution is 2.27. The molecule has 1 aromatic heterocycles. The maximum absolute atomic E-state index is 4.71. The molecule has 0 aromatic carbocycles. The number of anilines is 1. The fraction of sp³-hybridized carbons (Fsp3) is 0.667. The van der Waals surface area contributed by atoms with Gasteiger partial charge in [0.05, 0.1) is 0 Å². The Morgan fingerprint density at radius 3 is 2.83 bits per heavy atom. The molecule has 0 bridgehead atoms. The van der Waals surface area contributed by atoms with Crippen LogP contribution in [-0.2, 0) is 6.54 Å². The number of nitrogens with zero attached hydrogens (tertiary/aromatic N) is 2. The molecular formula is C15H25N3. The van der Waals surface area contributed by atoms with Crippen LogP contribution >= 0.6 is 0 Å². The first-order chi connectivity index (χ1) is 8.60. The molecule has 1 aromatic rings. The number of rotatable bonds is 3. The van der Waals surface area contributed by atoms with Crippen LogP contribution in [-0.4, -0.2) is 24.6 Å². The molecule has 2 heterocycles. The number of aromatic nitrogens is 1. The van der Waals surface area contributed by atoms with E-state index in [1.165, 1.54) is 18.4 Å². The molecule has 1 N–H and O–H groups in total. The van der Waals surface area contributed by atoms with Crippen molar-refractivity contribution in [2.75, 3.05) is 18.5 Å². The third kappa shape index (κ3) is 3.02. The van der Waals surface area contributed by atoms with Crippen LogP contribution in [0.15, 0.2) is 12.1 Å². The van der Waals surface area contributed by atoms with Gasteiger partial charge in [-0.3, -0.25) is 0 Å². The van der Waals surface area contributed by atoms with Crippen molar-refractivity contribution in [3.8, 4) is 0 Å². The Bertz CT molecular complexity index is 403. The zero-order chi connectivity index (χ0) is 13.1. The van der Waals surface area contributed by atoms with E-state index in [2.05, 4.69) is 43.1 Å². The van der Waals surface area contributed by atoms with Gasteiger partial charge in [0.1, 0.15) is 5.82 Å². The van der Waals surface area contributed by atoms with Crippen LogP contribution in [0.5, 0.6) is 0 Å². The number of piperidine rings is 1. The Balaban J connectivity index is 2.21. The number of nitrogens with one attached hydrogen (secondary N) is 1. The minimum absolute atomic E-state index is 0.602. The van der Waals surface area contributed by atoms with E-state index in [1.54, 1.807) is 0 Å². The SMILES string of the molecule is CNCc1cc(C)nc(N2CCC(C)CC2C)c1. The number of aryl methyl sites for hydroxylation is 1. The number of hydrogen-bond donors (Lipinski definition) is 1. The van der Waals surface area contributed by atoms with E-state index < -0.39 is 0 Å². The third-order valence-corrected chi connectivity index (χ3v) is 3.81. The maximum atomic E-state index is 4.71. The van der Waals surface area contributed by atoms with Crippen LogP contribution in [0.2, 0.25) is 0 Å². The van der Waals surface area contributed by atoms with Crippen LogP contribution < -0.4 is 10.2 Å². The van der Waals surface area contributed by atoms with Crippen molar-refractivity contribution in [2.45, 2.75) is 46.2 Å². The minimum atomic E-state index is 0.602. The minimum Gasteiger partial charge on any atom is -0.354 e. The standard InChI is InChI=1S/C15H25N3/c1-11-5-6-18(13(3)7-11)15-9-14(10-16-4)8-12(2)17-15/h8-9,11,13,16H,5-7,10H2,1-4H3. The van der Waals surface area contributed by atoms with Gasteiger partial charge in [0.25, 0.3) is 0 Å². The van der Waals surface area contributed by atoms with E-state index >= 15 is 0 Å². The lowest BCUT2D eigenvalue weighted by atomic mass is 9.93. The average Bonchev–Trinajstić information content (AvgIpc) is 2.28. The molecular weight excluding hydrogens is 222 g/mol. The summed E-state index contributed by atoms with van der Waals surface area (Å²) >= 11 is 0. The molecule has 3 nitrogen and oxygen atoms in total. The van der Waals surface area contributed by atoms with Crippen molar-refractivity contribution < 1.29 is 0 Å².